The van der Waals surface area contributed by atoms with Crippen molar-refractivity contribution in [1.82, 2.24) is 0 Å². The lowest BCUT2D eigenvalue weighted by Gasteiger charge is -2.39. The number of hydrogen-bond donors (Lipinski definition) is 1. The summed E-state index contributed by atoms with van der Waals surface area (Å²) in [6, 6.07) is 0. The Hall–Kier alpha value is -1.30. The number of hydrogen-bond acceptors (Lipinski definition) is 4. The number of carbonyl (C=O) groups is 1. The van der Waals surface area contributed by atoms with Crippen LogP contribution in [0.2, 0.25) is 0 Å². The Morgan fingerprint density at radius 1 is 0.966 bits per heavy atom. The number of alkyl halides is 6. The molecule has 1 N–H and O–H groups in total. The molecule has 4 bridgehead atoms. The first kappa shape index (κ1) is 21.0. The Balaban J connectivity index is 1.62. The van der Waals surface area contributed by atoms with Crippen LogP contribution in [0.15, 0.2) is 12.2 Å². The molecule has 0 saturated heterocycles. The molecule has 0 radical (unpaired) electrons. The minimum Gasteiger partial charge on any atom is -0.438 e. The number of fused-ring (bicyclic) bond motifs is 9. The summed E-state index contributed by atoms with van der Waals surface area (Å²) in [7, 11) is -5.78. The minimum atomic E-state index is -6.29. The lowest BCUT2D eigenvalue weighted by Crippen LogP contribution is -2.64. The normalized spacial score (nSPS) is 38.5. The van der Waals surface area contributed by atoms with E-state index in [1.807, 2.05) is 6.08 Å². The third-order valence-electron chi connectivity index (χ3n) is 7.15. The van der Waals surface area contributed by atoms with Gasteiger partial charge in [-0.2, -0.15) is 34.8 Å². The average Bonchev–Trinajstić information content (AvgIpc) is 3.28. The van der Waals surface area contributed by atoms with Crippen LogP contribution >= 0.6 is 0 Å². The van der Waals surface area contributed by atoms with Crippen molar-refractivity contribution in [3.63, 3.8) is 0 Å². The first-order valence-corrected chi connectivity index (χ1v) is 10.8. The van der Waals surface area contributed by atoms with Crippen molar-refractivity contribution >= 4 is 16.1 Å². The van der Waals surface area contributed by atoms with Gasteiger partial charge in [-0.15, -0.1) is 0 Å². The smallest absolute Gasteiger partial charge is 0.438 e. The van der Waals surface area contributed by atoms with E-state index >= 15 is 0 Å². The maximum atomic E-state index is 13.4. The van der Waals surface area contributed by atoms with Gasteiger partial charge < -0.3 is 4.74 Å². The molecule has 0 aliphatic heterocycles. The SMILES string of the molecule is O=C(OC(CS(=O)(=O)O)(C(F)(F)F)C(F)(F)F)C1CC2CC1C1C3C=C[C@@H](C3)C21. The average molecular weight is 448 g/mol. The van der Waals surface area contributed by atoms with Crippen molar-refractivity contribution in [2.75, 3.05) is 5.75 Å². The number of carbonyl (C=O) groups excluding carboxylic acids is 1. The molecule has 5 nitrogen and oxygen atoms in total. The molecule has 0 spiro atoms. The molecule has 12 heteroatoms. The van der Waals surface area contributed by atoms with Crippen LogP contribution in [0, 0.1) is 41.4 Å². The highest BCUT2D eigenvalue weighted by molar-refractivity contribution is 7.85. The summed E-state index contributed by atoms with van der Waals surface area (Å²) in [5.41, 5.74) is -5.32. The Bertz CT molecular complexity index is 833. The highest BCUT2D eigenvalue weighted by Crippen LogP contribution is 2.67. The van der Waals surface area contributed by atoms with Crippen molar-refractivity contribution in [3.8, 4) is 0 Å². The van der Waals surface area contributed by atoms with Crippen LogP contribution in [0.3, 0.4) is 0 Å². The molecule has 0 amide bonds. The van der Waals surface area contributed by atoms with Gasteiger partial charge in [0, 0.05) is 0 Å². The zero-order valence-corrected chi connectivity index (χ0v) is 15.6. The van der Waals surface area contributed by atoms with Gasteiger partial charge in [-0.25, -0.2) is 0 Å². The van der Waals surface area contributed by atoms with Crippen LogP contribution in [0.4, 0.5) is 26.3 Å². The van der Waals surface area contributed by atoms with Gasteiger partial charge in [0.05, 0.1) is 5.92 Å². The lowest BCUT2D eigenvalue weighted by molar-refractivity contribution is -0.362. The topological polar surface area (TPSA) is 80.7 Å². The molecular weight excluding hydrogens is 430 g/mol. The second-order valence-electron chi connectivity index (χ2n) is 8.57. The molecule has 6 unspecified atom stereocenters. The quantitative estimate of drug-likeness (QED) is 0.235. The van der Waals surface area contributed by atoms with Gasteiger partial charge in [0.1, 0.15) is 5.75 Å². The summed E-state index contributed by atoms with van der Waals surface area (Å²) in [5, 5.41) is 0. The zero-order valence-electron chi connectivity index (χ0n) is 14.8. The Morgan fingerprint density at radius 2 is 1.52 bits per heavy atom. The molecule has 29 heavy (non-hydrogen) atoms. The third kappa shape index (κ3) is 3.08. The highest BCUT2D eigenvalue weighted by Gasteiger charge is 2.76. The van der Waals surface area contributed by atoms with Gasteiger partial charge in [0.25, 0.3) is 10.1 Å². The summed E-state index contributed by atoms with van der Waals surface area (Å²) in [6.07, 6.45) is -6.96. The van der Waals surface area contributed by atoms with E-state index in [9.17, 15) is 39.6 Å². The molecule has 3 saturated carbocycles. The number of allylic oxidation sites excluding steroid dienone is 2. The van der Waals surface area contributed by atoms with E-state index in [-0.39, 0.29) is 36.0 Å². The predicted octanol–water partition coefficient (Wildman–Crippen LogP) is 3.38. The molecule has 4 aliphatic carbocycles. The molecule has 0 aromatic carbocycles. The van der Waals surface area contributed by atoms with Crippen LogP contribution < -0.4 is 0 Å². The van der Waals surface area contributed by atoms with E-state index in [0.717, 1.165) is 6.42 Å². The van der Waals surface area contributed by atoms with Gasteiger partial charge in [-0.1, -0.05) is 12.2 Å². The van der Waals surface area contributed by atoms with Crippen molar-refractivity contribution in [2.24, 2.45) is 41.4 Å². The summed E-state index contributed by atoms with van der Waals surface area (Å²) in [5.74, 6) is -5.26. The standard InChI is InChI=1S/C17H18F6O5S/c18-16(19,20)15(17(21,22)23,6-29(25,26)27)28-14(24)11-5-9-4-10(11)13-8-2-1-7(3-8)12(9)13/h1-2,7-13H,3-6H2,(H,25,26,27)/t7-,8?,9?,10?,11?,12?,13?/m0/s1. The summed E-state index contributed by atoms with van der Waals surface area (Å²) < 4.78 is 115. The van der Waals surface area contributed by atoms with Crippen LogP contribution in [-0.4, -0.2) is 42.6 Å². The van der Waals surface area contributed by atoms with Gasteiger partial charge in [0.15, 0.2) is 0 Å². The van der Waals surface area contributed by atoms with E-state index in [1.165, 1.54) is 0 Å². The first-order valence-electron chi connectivity index (χ1n) is 9.14. The largest absolute Gasteiger partial charge is 0.438 e. The number of ether oxygens (including phenoxy) is 1. The van der Waals surface area contributed by atoms with Crippen LogP contribution in [0.1, 0.15) is 19.3 Å². The van der Waals surface area contributed by atoms with Crippen molar-refractivity contribution in [1.29, 1.82) is 0 Å². The lowest BCUT2D eigenvalue weighted by atomic mass is 9.69. The predicted molar refractivity (Wildman–Crippen MR) is 84.8 cm³/mol. The van der Waals surface area contributed by atoms with Crippen molar-refractivity contribution < 1.29 is 48.8 Å². The second-order valence-corrected chi connectivity index (χ2v) is 10.0. The number of esters is 1. The minimum absolute atomic E-state index is 0.0223. The van der Waals surface area contributed by atoms with Crippen LogP contribution in [0.25, 0.3) is 0 Å². The van der Waals surface area contributed by atoms with E-state index in [0.29, 0.717) is 12.3 Å². The highest BCUT2D eigenvalue weighted by atomic mass is 32.2. The third-order valence-corrected chi connectivity index (χ3v) is 7.92. The maximum absolute atomic E-state index is 13.4. The summed E-state index contributed by atoms with van der Waals surface area (Å²) in [4.78, 5) is 12.5. The second kappa shape index (κ2) is 6.12. The van der Waals surface area contributed by atoms with E-state index in [2.05, 4.69) is 10.8 Å². The monoisotopic (exact) mass is 448 g/mol. The van der Waals surface area contributed by atoms with Crippen LogP contribution in [-0.2, 0) is 19.6 Å². The van der Waals surface area contributed by atoms with Gasteiger partial charge in [-0.05, 0) is 54.8 Å². The van der Waals surface area contributed by atoms with Gasteiger partial charge in [0.2, 0.25) is 0 Å². The van der Waals surface area contributed by atoms with Crippen molar-refractivity contribution in [2.45, 2.75) is 37.2 Å². The molecular formula is C17H18F6O5S. The molecule has 4 rings (SSSR count). The molecule has 3 fully saturated rings. The van der Waals surface area contributed by atoms with Crippen LogP contribution in [0.5, 0.6) is 0 Å². The molecule has 0 heterocycles. The maximum Gasteiger partial charge on any atom is 0.438 e. The van der Waals surface area contributed by atoms with E-state index in [1.54, 1.807) is 0 Å². The fourth-order valence-corrected chi connectivity index (χ4v) is 7.16. The fourth-order valence-electron chi connectivity index (χ4n) is 6.26. The Morgan fingerprint density at radius 3 is 2.03 bits per heavy atom. The summed E-state index contributed by atoms with van der Waals surface area (Å²) in [6.45, 7) is 0. The molecule has 0 aromatic rings. The molecule has 0 aromatic heterocycles. The zero-order chi connectivity index (χ0) is 21.6. The van der Waals surface area contributed by atoms with Gasteiger partial charge >= 0.3 is 23.9 Å². The molecule has 164 valence electrons. The summed E-state index contributed by atoms with van der Waals surface area (Å²) >= 11 is 0. The number of rotatable bonds is 4. The number of halogens is 6. The first-order chi connectivity index (χ1) is 13.1. The Kier molecular flexibility index (Phi) is 4.42. The van der Waals surface area contributed by atoms with E-state index < -0.39 is 45.7 Å². The fraction of sp³-hybridized carbons (Fsp3) is 0.824. The van der Waals surface area contributed by atoms with E-state index in [4.69, 9.17) is 4.55 Å². The molecule has 4 aliphatic rings. The Labute approximate surface area is 162 Å². The van der Waals surface area contributed by atoms with Gasteiger partial charge in [-0.3, -0.25) is 9.35 Å². The van der Waals surface area contributed by atoms with Crippen molar-refractivity contribution in [3.05, 3.63) is 12.2 Å². The molecule has 7 atom stereocenters.